The summed E-state index contributed by atoms with van der Waals surface area (Å²) in [7, 11) is 0. The zero-order valence-corrected chi connectivity index (χ0v) is 10.8. The van der Waals surface area contributed by atoms with E-state index in [0.717, 1.165) is 0 Å². The normalized spacial score (nSPS) is 22.1. The second kappa shape index (κ2) is 5.27. The molecule has 0 aromatic heterocycles. The molecule has 0 spiro atoms. The molecule has 2 atom stereocenters. The second-order valence-electron chi connectivity index (χ2n) is 5.34. The van der Waals surface area contributed by atoms with Gasteiger partial charge in [0.1, 0.15) is 5.82 Å². The lowest BCUT2D eigenvalue weighted by molar-refractivity contribution is -0.125. The van der Waals surface area contributed by atoms with E-state index in [1.54, 1.807) is 25.1 Å². The minimum absolute atomic E-state index is 0.108. The minimum Gasteiger partial charge on any atom is -0.394 e. The Morgan fingerprint density at radius 1 is 1.42 bits per heavy atom. The number of aliphatic hydroxyl groups is 2. The summed E-state index contributed by atoms with van der Waals surface area (Å²) in [5, 5.41) is 20.9. The van der Waals surface area contributed by atoms with Gasteiger partial charge in [-0.15, -0.1) is 0 Å². The van der Waals surface area contributed by atoms with Gasteiger partial charge in [0.05, 0.1) is 18.8 Å². The van der Waals surface area contributed by atoms with Gasteiger partial charge in [0.15, 0.2) is 0 Å². The number of hydrogen-bond donors (Lipinski definition) is 3. The summed E-state index contributed by atoms with van der Waals surface area (Å²) in [6.45, 7) is 0.879. The fraction of sp³-hybridized carbons (Fsp3) is 0.500. The lowest BCUT2D eigenvalue weighted by atomic mass is 10.0. The van der Waals surface area contributed by atoms with E-state index in [-0.39, 0.29) is 36.8 Å². The van der Waals surface area contributed by atoms with Crippen LogP contribution in [0.3, 0.4) is 0 Å². The van der Waals surface area contributed by atoms with Gasteiger partial charge in [-0.25, -0.2) is 4.39 Å². The molecule has 1 aliphatic carbocycles. The summed E-state index contributed by atoms with van der Waals surface area (Å²) in [5.74, 6) is -0.939. The monoisotopic (exact) mass is 267 g/mol. The number of halogens is 1. The first-order chi connectivity index (χ1) is 9.00. The van der Waals surface area contributed by atoms with Crippen molar-refractivity contribution in [2.75, 3.05) is 13.2 Å². The average Bonchev–Trinajstić information content (AvgIpc) is 3.19. The summed E-state index contributed by atoms with van der Waals surface area (Å²) >= 11 is 0. The smallest absolute Gasteiger partial charge is 0.224 e. The Morgan fingerprint density at radius 3 is 2.63 bits per heavy atom. The maximum atomic E-state index is 13.6. The van der Waals surface area contributed by atoms with Gasteiger partial charge in [0.2, 0.25) is 5.91 Å². The quantitative estimate of drug-likeness (QED) is 0.738. The molecule has 1 aromatic rings. The van der Waals surface area contributed by atoms with Crippen LogP contribution < -0.4 is 5.32 Å². The molecule has 1 saturated carbocycles. The van der Waals surface area contributed by atoms with E-state index in [0.29, 0.717) is 12.0 Å². The molecule has 0 unspecified atom stereocenters. The predicted octanol–water partition coefficient (Wildman–Crippen LogP) is 0.789. The third kappa shape index (κ3) is 2.93. The highest BCUT2D eigenvalue weighted by molar-refractivity contribution is 5.83. The van der Waals surface area contributed by atoms with Gasteiger partial charge < -0.3 is 15.5 Å². The number of rotatable bonds is 5. The van der Waals surface area contributed by atoms with Gasteiger partial charge in [-0.1, -0.05) is 18.2 Å². The van der Waals surface area contributed by atoms with E-state index in [9.17, 15) is 9.18 Å². The van der Waals surface area contributed by atoms with E-state index in [1.807, 2.05) is 0 Å². The Balaban J connectivity index is 2.00. The molecule has 1 amide bonds. The lowest BCUT2D eigenvalue weighted by Gasteiger charge is -2.26. The van der Waals surface area contributed by atoms with Crippen molar-refractivity contribution in [1.82, 2.24) is 5.32 Å². The lowest BCUT2D eigenvalue weighted by Crippen LogP contribution is -2.52. The summed E-state index contributed by atoms with van der Waals surface area (Å²) in [6, 6.07) is 6.43. The van der Waals surface area contributed by atoms with E-state index in [2.05, 4.69) is 5.32 Å². The van der Waals surface area contributed by atoms with Crippen molar-refractivity contribution in [1.29, 1.82) is 0 Å². The van der Waals surface area contributed by atoms with Crippen molar-refractivity contribution in [3.63, 3.8) is 0 Å². The first-order valence-corrected chi connectivity index (χ1v) is 6.29. The largest absolute Gasteiger partial charge is 0.394 e. The molecule has 1 fully saturated rings. The molecule has 5 heteroatoms. The molecule has 3 N–H and O–H groups in total. The number of benzene rings is 1. The summed E-state index contributed by atoms with van der Waals surface area (Å²) in [4.78, 5) is 12.0. The zero-order valence-electron chi connectivity index (χ0n) is 10.8. The van der Waals surface area contributed by atoms with Crippen LogP contribution >= 0.6 is 0 Å². The van der Waals surface area contributed by atoms with Crippen molar-refractivity contribution in [3.05, 3.63) is 35.6 Å². The number of nitrogens with one attached hydrogen (secondary N) is 1. The molecule has 2 rings (SSSR count). The van der Waals surface area contributed by atoms with Gasteiger partial charge in [-0.3, -0.25) is 4.79 Å². The number of amides is 1. The third-order valence-electron chi connectivity index (χ3n) is 3.55. The molecule has 4 nitrogen and oxygen atoms in total. The van der Waals surface area contributed by atoms with Crippen LogP contribution in [0.15, 0.2) is 24.3 Å². The van der Waals surface area contributed by atoms with E-state index in [4.69, 9.17) is 10.2 Å². The van der Waals surface area contributed by atoms with Gasteiger partial charge in [-0.2, -0.15) is 0 Å². The molecule has 19 heavy (non-hydrogen) atoms. The number of carbonyl (C=O) groups is 1. The van der Waals surface area contributed by atoms with Crippen molar-refractivity contribution < 1.29 is 19.4 Å². The standard InChI is InChI=1S/C14H18FNO3/c1-14(7-17,8-18)16-13(19)11-6-10(11)9-4-2-3-5-12(9)15/h2-5,10-11,17-18H,6-8H2,1H3,(H,16,19)/t10-,11-/m1/s1. The van der Waals surface area contributed by atoms with Gasteiger partial charge >= 0.3 is 0 Å². The van der Waals surface area contributed by atoms with Crippen LogP contribution in [-0.4, -0.2) is 34.9 Å². The summed E-state index contributed by atoms with van der Waals surface area (Å²) in [5.41, 5.74) is -0.475. The highest BCUT2D eigenvalue weighted by Gasteiger charge is 2.46. The molecule has 1 aliphatic rings. The van der Waals surface area contributed by atoms with Crippen molar-refractivity contribution in [2.24, 2.45) is 5.92 Å². The van der Waals surface area contributed by atoms with Crippen LogP contribution in [-0.2, 0) is 4.79 Å². The highest BCUT2D eigenvalue weighted by atomic mass is 19.1. The molecule has 0 radical (unpaired) electrons. The minimum atomic E-state index is -1.03. The van der Waals surface area contributed by atoms with Gasteiger partial charge in [0.25, 0.3) is 0 Å². The number of carbonyl (C=O) groups excluding carboxylic acids is 1. The Labute approximate surface area is 111 Å². The first kappa shape index (κ1) is 14.0. The number of hydrogen-bond acceptors (Lipinski definition) is 3. The molecule has 0 bridgehead atoms. The third-order valence-corrected chi connectivity index (χ3v) is 3.55. The highest BCUT2D eigenvalue weighted by Crippen LogP contribution is 2.48. The van der Waals surface area contributed by atoms with Gasteiger partial charge in [0, 0.05) is 5.92 Å². The van der Waals surface area contributed by atoms with Crippen LogP contribution in [0, 0.1) is 11.7 Å². The number of aliphatic hydroxyl groups excluding tert-OH is 2. The van der Waals surface area contributed by atoms with Gasteiger partial charge in [-0.05, 0) is 30.9 Å². The molecular formula is C14H18FNO3. The van der Waals surface area contributed by atoms with Crippen molar-refractivity contribution in [3.8, 4) is 0 Å². The van der Waals surface area contributed by atoms with Crippen LogP contribution in [0.25, 0.3) is 0 Å². The molecule has 0 heterocycles. The first-order valence-electron chi connectivity index (χ1n) is 6.29. The molecule has 1 aromatic carbocycles. The fourth-order valence-electron chi connectivity index (χ4n) is 2.12. The maximum Gasteiger partial charge on any atom is 0.224 e. The zero-order chi connectivity index (χ0) is 14.0. The van der Waals surface area contributed by atoms with E-state index < -0.39 is 5.54 Å². The predicted molar refractivity (Wildman–Crippen MR) is 68.0 cm³/mol. The fourth-order valence-corrected chi connectivity index (χ4v) is 2.12. The maximum absolute atomic E-state index is 13.6. The van der Waals surface area contributed by atoms with E-state index >= 15 is 0 Å². The Hall–Kier alpha value is -1.46. The Morgan fingerprint density at radius 2 is 2.05 bits per heavy atom. The summed E-state index contributed by atoms with van der Waals surface area (Å²) in [6.07, 6.45) is 0.597. The van der Waals surface area contributed by atoms with Crippen LogP contribution in [0.4, 0.5) is 4.39 Å². The second-order valence-corrected chi connectivity index (χ2v) is 5.34. The molecular weight excluding hydrogens is 249 g/mol. The van der Waals surface area contributed by atoms with Crippen LogP contribution in [0.1, 0.15) is 24.8 Å². The van der Waals surface area contributed by atoms with Crippen molar-refractivity contribution >= 4 is 5.91 Å². The average molecular weight is 267 g/mol. The van der Waals surface area contributed by atoms with Crippen LogP contribution in [0.5, 0.6) is 0 Å². The van der Waals surface area contributed by atoms with E-state index in [1.165, 1.54) is 6.07 Å². The molecule has 0 saturated heterocycles. The Kier molecular flexibility index (Phi) is 3.87. The topological polar surface area (TPSA) is 69.6 Å². The molecule has 104 valence electrons. The van der Waals surface area contributed by atoms with Crippen LogP contribution in [0.2, 0.25) is 0 Å². The van der Waals surface area contributed by atoms with Crippen molar-refractivity contribution in [2.45, 2.75) is 24.8 Å². The molecule has 0 aliphatic heterocycles. The SMILES string of the molecule is CC(CO)(CO)NC(=O)[C@@H]1C[C@@H]1c1ccccc1F. The summed E-state index contributed by atoms with van der Waals surface area (Å²) < 4.78 is 13.6. The Bertz CT molecular complexity index is 474.